The molecule has 0 saturated carbocycles. The van der Waals surface area contributed by atoms with Gasteiger partial charge in [0, 0.05) is 22.7 Å². The van der Waals surface area contributed by atoms with Gasteiger partial charge in [0.1, 0.15) is 0 Å². The van der Waals surface area contributed by atoms with Gasteiger partial charge in [0.2, 0.25) is 0 Å². The molecule has 0 atom stereocenters. The molecule has 3 nitrogen and oxygen atoms in total. The second-order valence-corrected chi connectivity index (χ2v) is 5.94. The van der Waals surface area contributed by atoms with E-state index in [0.717, 1.165) is 30.0 Å². The summed E-state index contributed by atoms with van der Waals surface area (Å²) in [6, 6.07) is 8.56. The molecule has 2 N–H and O–H groups in total. The predicted molar refractivity (Wildman–Crippen MR) is 86.6 cm³/mol. The topological polar surface area (TPSA) is 43.8 Å². The lowest BCUT2D eigenvalue weighted by atomic mass is 10.1. The molecule has 0 bridgehead atoms. The molecule has 0 aliphatic carbocycles. The Morgan fingerprint density at radius 3 is 2.60 bits per heavy atom. The molecule has 20 heavy (non-hydrogen) atoms. The number of nitrogens with zero attached hydrogens (tertiary/aromatic N) is 2. The maximum Gasteiger partial charge on any atom is 0.0704 e. The van der Waals surface area contributed by atoms with Gasteiger partial charge in [-0.1, -0.05) is 26.8 Å². The molecule has 108 valence electrons. The fraction of sp³-hybridized carbons (Fsp3) is 0.438. The summed E-state index contributed by atoms with van der Waals surface area (Å²) in [7, 11) is 0. The van der Waals surface area contributed by atoms with Crippen LogP contribution in [0, 0.1) is 0 Å². The highest BCUT2D eigenvalue weighted by Gasteiger charge is 2.13. The van der Waals surface area contributed by atoms with Gasteiger partial charge in [-0.2, -0.15) is 5.10 Å². The summed E-state index contributed by atoms with van der Waals surface area (Å²) in [5.41, 5.74) is 10.7. The monoisotopic (exact) mass is 289 g/mol. The maximum atomic E-state index is 6.00. The predicted octanol–water partition coefficient (Wildman–Crippen LogP) is 3.57. The van der Waals surface area contributed by atoms with Gasteiger partial charge in [-0.25, -0.2) is 4.68 Å². The zero-order valence-electron chi connectivity index (χ0n) is 12.5. The Hall–Kier alpha value is -1.26. The van der Waals surface area contributed by atoms with Crippen LogP contribution in [0.25, 0.3) is 5.69 Å². The summed E-state index contributed by atoms with van der Waals surface area (Å²) >= 11 is 1.84. The van der Waals surface area contributed by atoms with Crippen molar-refractivity contribution in [3.8, 4) is 5.69 Å². The van der Waals surface area contributed by atoms with Gasteiger partial charge in [-0.05, 0) is 36.8 Å². The molecular weight excluding hydrogens is 266 g/mol. The third-order valence-corrected chi connectivity index (χ3v) is 4.38. The molecule has 0 aliphatic rings. The van der Waals surface area contributed by atoms with E-state index in [9.17, 15) is 0 Å². The number of hydrogen-bond acceptors (Lipinski definition) is 3. The van der Waals surface area contributed by atoms with Crippen molar-refractivity contribution in [3.05, 3.63) is 41.2 Å². The molecular formula is C16H23N3S. The molecule has 0 fully saturated rings. The first-order chi connectivity index (χ1) is 9.74. The quantitative estimate of drug-likeness (QED) is 0.827. The van der Waals surface area contributed by atoms with Crippen LogP contribution in [-0.2, 0) is 19.4 Å². The Morgan fingerprint density at radius 1 is 1.20 bits per heavy atom. The smallest absolute Gasteiger partial charge is 0.0704 e. The van der Waals surface area contributed by atoms with Gasteiger partial charge >= 0.3 is 0 Å². The summed E-state index contributed by atoms with van der Waals surface area (Å²) in [4.78, 5) is 1.27. The molecule has 0 saturated heterocycles. The van der Waals surface area contributed by atoms with Crippen molar-refractivity contribution in [3.63, 3.8) is 0 Å². The highest BCUT2D eigenvalue weighted by molar-refractivity contribution is 7.99. The molecule has 0 radical (unpaired) electrons. The standard InChI is InChI=1S/C16H23N3S/c1-4-12-10-13(5-2)19(18-12)15-8-7-9-16(20-6-3)14(15)11-17/h7-10H,4-6,11,17H2,1-3H3. The van der Waals surface area contributed by atoms with Crippen LogP contribution in [0.5, 0.6) is 0 Å². The van der Waals surface area contributed by atoms with Crippen LogP contribution in [0.1, 0.15) is 37.7 Å². The third kappa shape index (κ3) is 2.91. The highest BCUT2D eigenvalue weighted by atomic mass is 32.2. The van der Waals surface area contributed by atoms with Crippen LogP contribution in [0.15, 0.2) is 29.2 Å². The van der Waals surface area contributed by atoms with Crippen LogP contribution in [-0.4, -0.2) is 15.5 Å². The van der Waals surface area contributed by atoms with Gasteiger partial charge in [-0.15, -0.1) is 11.8 Å². The fourth-order valence-electron chi connectivity index (χ4n) is 2.36. The fourth-order valence-corrected chi connectivity index (χ4v) is 3.20. The normalized spacial score (nSPS) is 11.0. The Morgan fingerprint density at radius 2 is 2.00 bits per heavy atom. The Kier molecular flexibility index (Phi) is 5.26. The van der Waals surface area contributed by atoms with E-state index in [1.807, 2.05) is 11.8 Å². The first-order valence-electron chi connectivity index (χ1n) is 7.28. The van der Waals surface area contributed by atoms with Crippen molar-refractivity contribution >= 4 is 11.8 Å². The minimum absolute atomic E-state index is 0.545. The molecule has 1 aromatic carbocycles. The van der Waals surface area contributed by atoms with E-state index in [2.05, 4.69) is 49.7 Å². The molecule has 1 aromatic heterocycles. The number of nitrogens with two attached hydrogens (primary N) is 1. The lowest BCUT2D eigenvalue weighted by Gasteiger charge is -2.14. The van der Waals surface area contributed by atoms with Gasteiger partial charge in [0.25, 0.3) is 0 Å². The minimum Gasteiger partial charge on any atom is -0.326 e. The van der Waals surface area contributed by atoms with Crippen molar-refractivity contribution in [1.29, 1.82) is 0 Å². The van der Waals surface area contributed by atoms with Crippen LogP contribution in [0.2, 0.25) is 0 Å². The van der Waals surface area contributed by atoms with Crippen molar-refractivity contribution in [2.45, 2.75) is 45.1 Å². The van der Waals surface area contributed by atoms with E-state index in [1.54, 1.807) is 0 Å². The van der Waals surface area contributed by atoms with E-state index in [-0.39, 0.29) is 0 Å². The molecule has 1 heterocycles. The van der Waals surface area contributed by atoms with Crippen LogP contribution in [0.4, 0.5) is 0 Å². The van der Waals surface area contributed by atoms with Crippen LogP contribution < -0.4 is 5.73 Å². The average molecular weight is 289 g/mol. The van der Waals surface area contributed by atoms with Crippen molar-refractivity contribution < 1.29 is 0 Å². The summed E-state index contributed by atoms with van der Waals surface area (Å²) in [6.07, 6.45) is 1.93. The lowest BCUT2D eigenvalue weighted by Crippen LogP contribution is -2.09. The van der Waals surface area contributed by atoms with E-state index >= 15 is 0 Å². The average Bonchev–Trinajstić information content (AvgIpc) is 2.90. The number of benzene rings is 1. The molecule has 4 heteroatoms. The van der Waals surface area contributed by atoms with Gasteiger partial charge in [-0.3, -0.25) is 0 Å². The molecule has 0 aliphatic heterocycles. The maximum absolute atomic E-state index is 6.00. The summed E-state index contributed by atoms with van der Waals surface area (Å²) in [5.74, 6) is 1.05. The molecule has 0 unspecified atom stereocenters. The number of aromatic nitrogens is 2. The van der Waals surface area contributed by atoms with Crippen molar-refractivity contribution in [2.24, 2.45) is 5.73 Å². The molecule has 2 rings (SSSR count). The van der Waals surface area contributed by atoms with Crippen LogP contribution >= 0.6 is 11.8 Å². The number of rotatable bonds is 6. The minimum atomic E-state index is 0.545. The van der Waals surface area contributed by atoms with E-state index in [4.69, 9.17) is 10.8 Å². The first-order valence-corrected chi connectivity index (χ1v) is 8.26. The largest absolute Gasteiger partial charge is 0.326 e. The second kappa shape index (κ2) is 6.95. The lowest BCUT2D eigenvalue weighted by molar-refractivity contribution is 0.778. The van der Waals surface area contributed by atoms with Crippen molar-refractivity contribution in [2.75, 3.05) is 5.75 Å². The van der Waals surface area contributed by atoms with Gasteiger partial charge < -0.3 is 5.73 Å². The van der Waals surface area contributed by atoms with Crippen molar-refractivity contribution in [1.82, 2.24) is 9.78 Å². The van der Waals surface area contributed by atoms with Crippen LogP contribution in [0.3, 0.4) is 0 Å². The van der Waals surface area contributed by atoms with E-state index in [1.165, 1.54) is 16.2 Å². The van der Waals surface area contributed by atoms with E-state index in [0.29, 0.717) is 6.54 Å². The second-order valence-electron chi connectivity index (χ2n) is 4.64. The zero-order chi connectivity index (χ0) is 14.5. The summed E-state index contributed by atoms with van der Waals surface area (Å²) in [6.45, 7) is 7.01. The Balaban J connectivity index is 2.56. The SMILES string of the molecule is CCSc1cccc(-n2nc(CC)cc2CC)c1CN. The van der Waals surface area contributed by atoms with Gasteiger partial charge in [0.15, 0.2) is 0 Å². The Bertz CT molecular complexity index is 575. The number of aryl methyl sites for hydroxylation is 2. The highest BCUT2D eigenvalue weighted by Crippen LogP contribution is 2.28. The first kappa shape index (κ1) is 15.1. The zero-order valence-corrected chi connectivity index (χ0v) is 13.3. The molecule has 0 spiro atoms. The summed E-state index contributed by atoms with van der Waals surface area (Å²) in [5, 5.41) is 4.73. The molecule has 2 aromatic rings. The number of thioether (sulfide) groups is 1. The van der Waals surface area contributed by atoms with E-state index < -0.39 is 0 Å². The van der Waals surface area contributed by atoms with Gasteiger partial charge in [0.05, 0.1) is 11.4 Å². The third-order valence-electron chi connectivity index (χ3n) is 3.40. The Labute approximate surface area is 125 Å². The summed E-state index contributed by atoms with van der Waals surface area (Å²) < 4.78 is 2.07. The molecule has 0 amide bonds. The number of hydrogen-bond donors (Lipinski definition) is 1.